The molecule has 0 unspecified atom stereocenters. The fraction of sp³-hybridized carbons (Fsp3) is 0.571. The molecule has 18 heavy (non-hydrogen) atoms. The van der Waals surface area contributed by atoms with Crippen molar-refractivity contribution >= 4 is 27.7 Å². The first-order chi connectivity index (χ1) is 8.57. The Labute approximate surface area is 117 Å². The lowest BCUT2D eigenvalue weighted by Crippen LogP contribution is -2.33. The molecule has 0 spiro atoms. The number of hydrogen-bond donors (Lipinski definition) is 1. The highest BCUT2D eigenvalue weighted by atomic mass is 79.9. The summed E-state index contributed by atoms with van der Waals surface area (Å²) in [4.78, 5) is 16.6. The Morgan fingerprint density at radius 1 is 1.50 bits per heavy atom. The lowest BCUT2D eigenvalue weighted by Gasteiger charge is -2.25. The second-order valence-corrected chi connectivity index (χ2v) is 5.97. The number of carbonyl (C=O) groups excluding carboxylic acids is 1. The number of aromatic nitrogens is 1. The van der Waals surface area contributed by atoms with Gasteiger partial charge in [-0.25, -0.2) is 4.98 Å². The Morgan fingerprint density at radius 2 is 2.17 bits per heavy atom. The van der Waals surface area contributed by atoms with Gasteiger partial charge in [0.05, 0.1) is 0 Å². The highest BCUT2D eigenvalue weighted by Gasteiger charge is 2.39. The fourth-order valence-corrected chi connectivity index (χ4v) is 2.87. The first-order valence-corrected chi connectivity index (χ1v) is 7.30. The maximum Gasteiger partial charge on any atom is 0.231 e. The van der Waals surface area contributed by atoms with Crippen LogP contribution in [0.25, 0.3) is 0 Å². The quantitative estimate of drug-likeness (QED) is 0.914. The lowest BCUT2D eigenvalue weighted by molar-refractivity contribution is -0.125. The molecular formula is C14H19BrN2O. The van der Waals surface area contributed by atoms with E-state index in [1.165, 1.54) is 0 Å². The smallest absolute Gasteiger partial charge is 0.231 e. The van der Waals surface area contributed by atoms with Crippen molar-refractivity contribution in [3.63, 3.8) is 0 Å². The van der Waals surface area contributed by atoms with Crippen LogP contribution in [0.5, 0.6) is 0 Å². The van der Waals surface area contributed by atoms with Crippen LogP contribution in [0.2, 0.25) is 0 Å². The van der Waals surface area contributed by atoms with E-state index in [4.69, 9.17) is 0 Å². The van der Waals surface area contributed by atoms with Crippen molar-refractivity contribution in [2.24, 2.45) is 5.41 Å². The molecule has 1 aliphatic carbocycles. The average Bonchev–Trinajstić information content (AvgIpc) is 2.84. The first-order valence-electron chi connectivity index (χ1n) is 6.51. The Bertz CT molecular complexity index is 453. The van der Waals surface area contributed by atoms with E-state index in [1.54, 1.807) is 6.20 Å². The molecule has 4 heteroatoms. The van der Waals surface area contributed by atoms with Gasteiger partial charge in [0.2, 0.25) is 5.91 Å². The molecule has 0 radical (unpaired) electrons. The van der Waals surface area contributed by atoms with Crippen LogP contribution < -0.4 is 5.32 Å². The van der Waals surface area contributed by atoms with Crippen LogP contribution in [0, 0.1) is 12.3 Å². The number of anilines is 1. The van der Waals surface area contributed by atoms with Crippen molar-refractivity contribution in [2.45, 2.75) is 46.0 Å². The van der Waals surface area contributed by atoms with E-state index in [0.29, 0.717) is 5.82 Å². The number of carbonyl (C=O) groups is 1. The lowest BCUT2D eigenvalue weighted by atomic mass is 9.82. The van der Waals surface area contributed by atoms with Crippen LogP contribution in [0.3, 0.4) is 0 Å². The molecule has 1 fully saturated rings. The van der Waals surface area contributed by atoms with Gasteiger partial charge in [0.15, 0.2) is 0 Å². The van der Waals surface area contributed by atoms with E-state index in [1.807, 2.05) is 13.0 Å². The predicted molar refractivity (Wildman–Crippen MR) is 76.5 cm³/mol. The number of amides is 1. The minimum absolute atomic E-state index is 0.136. The average molecular weight is 311 g/mol. The van der Waals surface area contributed by atoms with Crippen molar-refractivity contribution in [3.8, 4) is 0 Å². The standard InChI is InChI=1S/C14H19BrN2O/c1-3-14(6-4-5-7-14)13(18)17-12-8-10(2)11(15)9-16-12/h8-9H,3-7H2,1-2H3,(H,16,17,18). The number of halogens is 1. The second kappa shape index (κ2) is 5.39. The van der Waals surface area contributed by atoms with Gasteiger partial charge in [-0.15, -0.1) is 0 Å². The topological polar surface area (TPSA) is 42.0 Å². The first kappa shape index (κ1) is 13.5. The molecule has 0 atom stereocenters. The van der Waals surface area contributed by atoms with Gasteiger partial charge >= 0.3 is 0 Å². The second-order valence-electron chi connectivity index (χ2n) is 5.11. The molecule has 0 saturated heterocycles. The van der Waals surface area contributed by atoms with Crippen LogP contribution in [0.4, 0.5) is 5.82 Å². The normalized spacial score (nSPS) is 17.7. The number of aryl methyl sites for hydroxylation is 1. The number of hydrogen-bond acceptors (Lipinski definition) is 2. The molecule has 0 bridgehead atoms. The molecule has 0 aliphatic heterocycles. The van der Waals surface area contributed by atoms with E-state index in [0.717, 1.165) is 42.1 Å². The van der Waals surface area contributed by atoms with Crippen molar-refractivity contribution in [1.82, 2.24) is 4.98 Å². The SMILES string of the molecule is CCC1(C(=O)Nc2cc(C)c(Br)cn2)CCCC1. The van der Waals surface area contributed by atoms with Gasteiger partial charge in [0, 0.05) is 16.1 Å². The summed E-state index contributed by atoms with van der Waals surface area (Å²) in [6.45, 7) is 4.09. The summed E-state index contributed by atoms with van der Waals surface area (Å²) < 4.78 is 0.964. The molecule has 1 aliphatic rings. The fourth-order valence-electron chi connectivity index (χ4n) is 2.65. The third kappa shape index (κ3) is 2.58. The summed E-state index contributed by atoms with van der Waals surface area (Å²) in [6, 6.07) is 1.90. The summed E-state index contributed by atoms with van der Waals surface area (Å²) in [6.07, 6.45) is 6.98. The Morgan fingerprint density at radius 3 is 2.72 bits per heavy atom. The summed E-state index contributed by atoms with van der Waals surface area (Å²) in [5.74, 6) is 0.789. The van der Waals surface area contributed by atoms with Gasteiger partial charge in [-0.05, 0) is 53.7 Å². The summed E-state index contributed by atoms with van der Waals surface area (Å²) in [7, 11) is 0. The van der Waals surface area contributed by atoms with Crippen molar-refractivity contribution in [2.75, 3.05) is 5.32 Å². The monoisotopic (exact) mass is 310 g/mol. The van der Waals surface area contributed by atoms with E-state index in [-0.39, 0.29) is 11.3 Å². The minimum atomic E-state index is -0.164. The summed E-state index contributed by atoms with van der Waals surface area (Å²) >= 11 is 3.41. The number of nitrogens with zero attached hydrogens (tertiary/aromatic N) is 1. The van der Waals surface area contributed by atoms with Gasteiger partial charge in [-0.1, -0.05) is 19.8 Å². The number of nitrogens with one attached hydrogen (secondary N) is 1. The van der Waals surface area contributed by atoms with Crippen molar-refractivity contribution < 1.29 is 4.79 Å². The Hall–Kier alpha value is -0.900. The Balaban J connectivity index is 2.13. The van der Waals surface area contributed by atoms with Gasteiger partial charge < -0.3 is 5.32 Å². The van der Waals surface area contributed by atoms with E-state index in [9.17, 15) is 4.79 Å². The molecule has 1 saturated carbocycles. The van der Waals surface area contributed by atoms with Gasteiger partial charge in [-0.2, -0.15) is 0 Å². The van der Waals surface area contributed by atoms with Crippen LogP contribution in [0.15, 0.2) is 16.7 Å². The molecule has 3 nitrogen and oxygen atoms in total. The molecule has 1 heterocycles. The predicted octanol–water partition coefficient (Wildman–Crippen LogP) is 4.06. The maximum absolute atomic E-state index is 12.4. The molecule has 2 rings (SSSR count). The molecular weight excluding hydrogens is 292 g/mol. The zero-order valence-electron chi connectivity index (χ0n) is 10.9. The third-order valence-corrected chi connectivity index (χ3v) is 4.84. The summed E-state index contributed by atoms with van der Waals surface area (Å²) in [5.41, 5.74) is 0.917. The largest absolute Gasteiger partial charge is 0.310 e. The molecule has 98 valence electrons. The third-order valence-electron chi connectivity index (χ3n) is 4.01. The minimum Gasteiger partial charge on any atom is -0.310 e. The van der Waals surface area contributed by atoms with Crippen LogP contribution in [-0.2, 0) is 4.79 Å². The zero-order valence-corrected chi connectivity index (χ0v) is 12.5. The number of pyridine rings is 1. The molecule has 0 aromatic carbocycles. The zero-order chi connectivity index (χ0) is 13.2. The molecule has 1 aromatic heterocycles. The molecule has 1 aromatic rings. The van der Waals surface area contributed by atoms with Gasteiger partial charge in [0.25, 0.3) is 0 Å². The van der Waals surface area contributed by atoms with Crippen LogP contribution in [-0.4, -0.2) is 10.9 Å². The van der Waals surface area contributed by atoms with E-state index in [2.05, 4.69) is 33.2 Å². The molecule has 1 amide bonds. The highest BCUT2D eigenvalue weighted by molar-refractivity contribution is 9.10. The number of rotatable bonds is 3. The van der Waals surface area contributed by atoms with Crippen molar-refractivity contribution in [1.29, 1.82) is 0 Å². The highest BCUT2D eigenvalue weighted by Crippen LogP contribution is 2.41. The summed E-state index contributed by atoms with van der Waals surface area (Å²) in [5, 5.41) is 2.97. The van der Waals surface area contributed by atoms with Crippen LogP contribution in [0.1, 0.15) is 44.6 Å². The Kier molecular flexibility index (Phi) is 4.05. The van der Waals surface area contributed by atoms with Gasteiger partial charge in [0.1, 0.15) is 5.82 Å². The van der Waals surface area contributed by atoms with Crippen molar-refractivity contribution in [3.05, 3.63) is 22.3 Å². The maximum atomic E-state index is 12.4. The molecule has 1 N–H and O–H groups in total. The van der Waals surface area contributed by atoms with E-state index >= 15 is 0 Å². The van der Waals surface area contributed by atoms with Gasteiger partial charge in [-0.3, -0.25) is 4.79 Å². The van der Waals surface area contributed by atoms with E-state index < -0.39 is 0 Å². The van der Waals surface area contributed by atoms with Crippen LogP contribution >= 0.6 is 15.9 Å².